The lowest BCUT2D eigenvalue weighted by Gasteiger charge is -2.24. The molecule has 1 heterocycles. The van der Waals surface area contributed by atoms with Crippen LogP contribution in [0.4, 0.5) is 4.39 Å². The minimum absolute atomic E-state index is 0.222. The summed E-state index contributed by atoms with van der Waals surface area (Å²) in [7, 11) is -4.12. The van der Waals surface area contributed by atoms with Gasteiger partial charge in [0.1, 0.15) is 17.9 Å². The second kappa shape index (κ2) is 6.05. The Morgan fingerprint density at radius 2 is 2.09 bits per heavy atom. The van der Waals surface area contributed by atoms with Gasteiger partial charge < -0.3 is 9.52 Å². The van der Waals surface area contributed by atoms with Crippen LogP contribution in [-0.2, 0) is 14.8 Å². The van der Waals surface area contributed by atoms with E-state index in [9.17, 15) is 17.6 Å². The molecule has 22 heavy (non-hydrogen) atoms. The number of nitrogens with zero attached hydrogens (tertiary/aromatic N) is 1. The maximum absolute atomic E-state index is 13.2. The summed E-state index contributed by atoms with van der Waals surface area (Å²) in [5.74, 6) is -1.77. The van der Waals surface area contributed by atoms with Gasteiger partial charge in [-0.3, -0.25) is 4.79 Å². The van der Waals surface area contributed by atoms with Gasteiger partial charge in [0.2, 0.25) is 5.09 Å². The van der Waals surface area contributed by atoms with Crippen LogP contribution in [0.5, 0.6) is 0 Å². The Bertz CT molecular complexity index is 799. The van der Waals surface area contributed by atoms with E-state index < -0.39 is 39.5 Å². The number of halogens is 1. The topological polar surface area (TPSA) is 87.8 Å². The molecule has 1 aromatic heterocycles. The van der Waals surface area contributed by atoms with E-state index in [1.807, 2.05) is 0 Å². The molecule has 0 aliphatic heterocycles. The summed E-state index contributed by atoms with van der Waals surface area (Å²) in [4.78, 5) is 10.9. The fraction of sp³-hybridized carbons (Fsp3) is 0.357. The van der Waals surface area contributed by atoms with Gasteiger partial charge in [0.25, 0.3) is 10.0 Å². The van der Waals surface area contributed by atoms with Crippen molar-refractivity contribution in [3.63, 3.8) is 0 Å². The average Bonchev–Trinajstić information content (AvgIpc) is 2.87. The van der Waals surface area contributed by atoms with E-state index in [1.54, 1.807) is 13.8 Å². The minimum Gasteiger partial charge on any atom is -0.480 e. The van der Waals surface area contributed by atoms with Gasteiger partial charge >= 0.3 is 5.97 Å². The fourth-order valence-electron chi connectivity index (χ4n) is 2.05. The summed E-state index contributed by atoms with van der Waals surface area (Å²) in [5.41, 5.74) is 0.222. The number of sulfonamides is 1. The molecule has 1 aromatic carbocycles. The first kappa shape index (κ1) is 16.4. The number of carboxylic acids is 1. The lowest BCUT2D eigenvalue weighted by atomic mass is 10.2. The molecule has 0 saturated heterocycles. The highest BCUT2D eigenvalue weighted by molar-refractivity contribution is 7.89. The van der Waals surface area contributed by atoms with Crippen molar-refractivity contribution in [2.75, 3.05) is 6.54 Å². The Balaban J connectivity index is 2.50. The van der Waals surface area contributed by atoms with Gasteiger partial charge in [-0.05, 0) is 31.5 Å². The second-order valence-electron chi connectivity index (χ2n) is 4.95. The van der Waals surface area contributed by atoms with Crippen molar-refractivity contribution in [3.8, 4) is 0 Å². The Kier molecular flexibility index (Phi) is 4.52. The van der Waals surface area contributed by atoms with Gasteiger partial charge in [0, 0.05) is 17.5 Å². The van der Waals surface area contributed by atoms with Crippen molar-refractivity contribution in [3.05, 3.63) is 30.1 Å². The number of furan rings is 1. The highest BCUT2D eigenvalue weighted by Gasteiger charge is 2.33. The highest BCUT2D eigenvalue weighted by atomic mass is 32.2. The molecule has 0 aliphatic rings. The smallest absolute Gasteiger partial charge is 0.318 e. The zero-order valence-electron chi connectivity index (χ0n) is 12.1. The molecule has 1 N–H and O–H groups in total. The molecular weight excluding hydrogens is 313 g/mol. The van der Waals surface area contributed by atoms with Crippen LogP contribution in [-0.4, -0.2) is 36.4 Å². The third-order valence-electron chi connectivity index (χ3n) is 3.39. The van der Waals surface area contributed by atoms with Crippen molar-refractivity contribution >= 4 is 27.0 Å². The molecule has 1 atom stereocenters. The number of hydrogen-bond acceptors (Lipinski definition) is 4. The largest absolute Gasteiger partial charge is 0.480 e. The lowest BCUT2D eigenvalue weighted by Crippen LogP contribution is -2.41. The summed E-state index contributed by atoms with van der Waals surface area (Å²) >= 11 is 0. The van der Waals surface area contributed by atoms with E-state index >= 15 is 0 Å². The van der Waals surface area contributed by atoms with E-state index in [0.717, 1.165) is 16.4 Å². The molecule has 2 aromatic rings. The summed E-state index contributed by atoms with van der Waals surface area (Å²) in [5, 5.41) is 8.84. The van der Waals surface area contributed by atoms with E-state index in [-0.39, 0.29) is 5.58 Å². The van der Waals surface area contributed by atoms with Gasteiger partial charge in [-0.15, -0.1) is 0 Å². The van der Waals surface area contributed by atoms with Gasteiger partial charge in [-0.1, -0.05) is 6.92 Å². The number of fused-ring (bicyclic) bond motifs is 1. The molecule has 1 unspecified atom stereocenters. The molecule has 0 radical (unpaired) electrons. The summed E-state index contributed by atoms with van der Waals surface area (Å²) in [6.07, 6.45) is 0.446. The molecule has 0 bridgehead atoms. The number of carboxylic acid groups (broad SMARTS) is 1. The van der Waals surface area contributed by atoms with Crippen molar-refractivity contribution < 1.29 is 27.1 Å². The Hall–Kier alpha value is -1.93. The van der Waals surface area contributed by atoms with Crippen molar-refractivity contribution in [2.45, 2.75) is 31.4 Å². The van der Waals surface area contributed by atoms with Crippen LogP contribution in [0.25, 0.3) is 11.0 Å². The predicted octanol–water partition coefficient (Wildman–Crippen LogP) is 2.45. The van der Waals surface area contributed by atoms with E-state index in [2.05, 4.69) is 0 Å². The number of benzene rings is 1. The lowest BCUT2D eigenvalue weighted by molar-refractivity contribution is -0.137. The van der Waals surface area contributed by atoms with E-state index in [0.29, 0.717) is 11.8 Å². The number of aliphatic carboxylic acids is 1. The van der Waals surface area contributed by atoms with Crippen LogP contribution in [0.2, 0.25) is 0 Å². The SMILES string of the molecule is CCC(C)N(CC(=O)O)S(=O)(=O)c1cc2cc(F)ccc2o1. The maximum atomic E-state index is 13.2. The zero-order valence-corrected chi connectivity index (χ0v) is 12.9. The average molecular weight is 329 g/mol. The molecule has 8 heteroatoms. The third-order valence-corrected chi connectivity index (χ3v) is 5.21. The van der Waals surface area contributed by atoms with Crippen molar-refractivity contribution in [1.29, 1.82) is 0 Å². The third kappa shape index (κ3) is 3.12. The van der Waals surface area contributed by atoms with E-state index in [1.165, 1.54) is 12.1 Å². The Morgan fingerprint density at radius 1 is 1.41 bits per heavy atom. The van der Waals surface area contributed by atoms with Crippen LogP contribution in [0.3, 0.4) is 0 Å². The van der Waals surface area contributed by atoms with Gasteiger partial charge in [-0.25, -0.2) is 12.8 Å². The van der Waals surface area contributed by atoms with Crippen LogP contribution in [0.15, 0.2) is 33.8 Å². The molecule has 120 valence electrons. The molecule has 0 aliphatic carbocycles. The molecule has 0 fully saturated rings. The summed E-state index contributed by atoms with van der Waals surface area (Å²) < 4.78 is 44.5. The maximum Gasteiger partial charge on any atom is 0.318 e. The molecule has 0 saturated carbocycles. The van der Waals surface area contributed by atoms with Gasteiger partial charge in [0.05, 0.1) is 0 Å². The molecule has 6 nitrogen and oxygen atoms in total. The predicted molar refractivity (Wildman–Crippen MR) is 77.5 cm³/mol. The normalized spacial score (nSPS) is 13.6. The standard InChI is InChI=1S/C14H16FNO5S/c1-3-9(2)16(8-13(17)18)22(19,20)14-7-10-6-11(15)4-5-12(10)21-14/h4-7,9H,3,8H2,1-2H3,(H,17,18). The number of hydrogen-bond donors (Lipinski definition) is 1. The monoisotopic (exact) mass is 329 g/mol. The van der Waals surface area contributed by atoms with Crippen LogP contribution in [0.1, 0.15) is 20.3 Å². The Morgan fingerprint density at radius 3 is 2.68 bits per heavy atom. The number of rotatable bonds is 6. The van der Waals surface area contributed by atoms with Crippen LogP contribution in [0, 0.1) is 5.82 Å². The van der Waals surface area contributed by atoms with Crippen LogP contribution < -0.4 is 0 Å². The molecule has 2 rings (SSSR count). The first-order valence-corrected chi connectivity index (χ1v) is 8.12. The first-order valence-electron chi connectivity index (χ1n) is 6.68. The van der Waals surface area contributed by atoms with Crippen molar-refractivity contribution in [1.82, 2.24) is 4.31 Å². The molecular formula is C14H16FNO5S. The second-order valence-corrected chi connectivity index (χ2v) is 6.77. The first-order chi connectivity index (χ1) is 10.3. The molecule has 0 amide bonds. The van der Waals surface area contributed by atoms with E-state index in [4.69, 9.17) is 9.52 Å². The van der Waals surface area contributed by atoms with Gasteiger partial charge in [-0.2, -0.15) is 4.31 Å². The Labute approximate surface area is 127 Å². The van der Waals surface area contributed by atoms with Gasteiger partial charge in [0.15, 0.2) is 0 Å². The highest BCUT2D eigenvalue weighted by Crippen LogP contribution is 2.27. The van der Waals surface area contributed by atoms with Crippen molar-refractivity contribution in [2.24, 2.45) is 0 Å². The molecule has 0 spiro atoms. The number of carbonyl (C=O) groups is 1. The summed E-state index contributed by atoms with van der Waals surface area (Å²) in [6.45, 7) is 2.70. The minimum atomic E-state index is -4.12. The quantitative estimate of drug-likeness (QED) is 0.879. The summed E-state index contributed by atoms with van der Waals surface area (Å²) in [6, 6.07) is 4.33. The van der Waals surface area contributed by atoms with Crippen LogP contribution >= 0.6 is 0 Å². The fourth-order valence-corrected chi connectivity index (χ4v) is 3.65. The zero-order chi connectivity index (χ0) is 16.5.